The van der Waals surface area contributed by atoms with Crippen molar-refractivity contribution in [1.29, 1.82) is 0 Å². The molecule has 0 aliphatic rings. The normalized spacial score (nSPS) is 11.7. The lowest BCUT2D eigenvalue weighted by molar-refractivity contribution is -0.138. The Hall–Kier alpha value is -2.37. The highest BCUT2D eigenvalue weighted by molar-refractivity contribution is 5.92. The fraction of sp³-hybridized carbons (Fsp3) is 0.357. The molecule has 4 N–H and O–H groups in total. The smallest absolute Gasteiger partial charge is 0.303 e. The maximum Gasteiger partial charge on any atom is 0.303 e. The van der Waals surface area contributed by atoms with Gasteiger partial charge in [-0.3, -0.25) is 14.4 Å². The topological polar surface area (TPSA) is 109 Å². The van der Waals surface area contributed by atoms with Crippen molar-refractivity contribution in [3.05, 3.63) is 29.8 Å². The minimum atomic E-state index is -0.931. The van der Waals surface area contributed by atoms with Gasteiger partial charge in [-0.1, -0.05) is 25.1 Å². The number of hydrogen-bond acceptors (Lipinski definition) is 3. The van der Waals surface area contributed by atoms with Gasteiger partial charge in [0, 0.05) is 18.5 Å². The molecule has 6 heteroatoms. The lowest BCUT2D eigenvalue weighted by atomic mass is 10.0. The second-order valence-corrected chi connectivity index (χ2v) is 4.76. The number of carboxylic acids is 1. The van der Waals surface area contributed by atoms with Crippen molar-refractivity contribution in [2.75, 3.05) is 5.32 Å². The Morgan fingerprint density at radius 1 is 1.25 bits per heavy atom. The van der Waals surface area contributed by atoms with Crippen LogP contribution >= 0.6 is 0 Å². The van der Waals surface area contributed by atoms with Crippen molar-refractivity contribution in [2.45, 2.75) is 26.2 Å². The molecular formula is C14H18N2O4. The van der Waals surface area contributed by atoms with E-state index in [-0.39, 0.29) is 31.1 Å². The van der Waals surface area contributed by atoms with Crippen LogP contribution in [0, 0.1) is 5.92 Å². The Morgan fingerprint density at radius 3 is 2.50 bits per heavy atom. The van der Waals surface area contributed by atoms with E-state index in [1.54, 1.807) is 31.2 Å². The van der Waals surface area contributed by atoms with Crippen LogP contribution in [-0.4, -0.2) is 22.9 Å². The molecule has 0 aromatic heterocycles. The predicted molar refractivity (Wildman–Crippen MR) is 74.0 cm³/mol. The number of rotatable bonds is 7. The molecule has 0 fully saturated rings. The molecule has 0 bridgehead atoms. The van der Waals surface area contributed by atoms with Crippen molar-refractivity contribution >= 4 is 23.5 Å². The van der Waals surface area contributed by atoms with Gasteiger partial charge in [0.2, 0.25) is 11.8 Å². The minimum absolute atomic E-state index is 0.0428. The van der Waals surface area contributed by atoms with E-state index in [4.69, 9.17) is 10.8 Å². The van der Waals surface area contributed by atoms with Crippen LogP contribution < -0.4 is 11.1 Å². The number of anilines is 1. The van der Waals surface area contributed by atoms with Gasteiger partial charge in [0.1, 0.15) is 0 Å². The van der Waals surface area contributed by atoms with Crippen molar-refractivity contribution < 1.29 is 19.5 Å². The highest BCUT2D eigenvalue weighted by Crippen LogP contribution is 2.17. The van der Waals surface area contributed by atoms with Gasteiger partial charge in [0.05, 0.1) is 6.42 Å². The Bertz CT molecular complexity index is 514. The van der Waals surface area contributed by atoms with E-state index in [1.807, 2.05) is 0 Å². The molecule has 0 heterocycles. The molecule has 0 aliphatic carbocycles. The van der Waals surface area contributed by atoms with E-state index in [2.05, 4.69) is 5.32 Å². The molecule has 1 aromatic carbocycles. The molecule has 1 atom stereocenters. The summed E-state index contributed by atoms with van der Waals surface area (Å²) in [6, 6.07) is 6.88. The van der Waals surface area contributed by atoms with Crippen molar-refractivity contribution in [1.82, 2.24) is 0 Å². The maximum absolute atomic E-state index is 11.8. The fourth-order valence-electron chi connectivity index (χ4n) is 1.87. The number of para-hydroxylation sites is 1. The summed E-state index contributed by atoms with van der Waals surface area (Å²) in [5.74, 6) is -1.95. The number of nitrogens with two attached hydrogens (primary N) is 1. The molecule has 0 saturated heterocycles. The molecule has 0 aliphatic heterocycles. The molecule has 108 valence electrons. The molecule has 2 amide bonds. The molecule has 20 heavy (non-hydrogen) atoms. The summed E-state index contributed by atoms with van der Waals surface area (Å²) < 4.78 is 0. The maximum atomic E-state index is 11.8. The fourth-order valence-corrected chi connectivity index (χ4v) is 1.87. The number of benzene rings is 1. The highest BCUT2D eigenvalue weighted by Gasteiger charge is 2.14. The number of carbonyl (C=O) groups is 3. The Morgan fingerprint density at radius 2 is 1.90 bits per heavy atom. The highest BCUT2D eigenvalue weighted by atomic mass is 16.4. The molecule has 1 aromatic rings. The van der Waals surface area contributed by atoms with Crippen LogP contribution in [0.25, 0.3) is 0 Å². The lowest BCUT2D eigenvalue weighted by Gasteiger charge is -2.12. The largest absolute Gasteiger partial charge is 0.481 e. The van der Waals surface area contributed by atoms with Crippen molar-refractivity contribution in [2.24, 2.45) is 11.7 Å². The summed E-state index contributed by atoms with van der Waals surface area (Å²) in [5.41, 5.74) is 6.31. The van der Waals surface area contributed by atoms with Crippen LogP contribution in [0.2, 0.25) is 0 Å². The van der Waals surface area contributed by atoms with E-state index in [0.29, 0.717) is 11.3 Å². The molecule has 1 unspecified atom stereocenters. The first kappa shape index (κ1) is 15.7. The Labute approximate surface area is 117 Å². The Kier molecular flexibility index (Phi) is 5.71. The number of carbonyl (C=O) groups excluding carboxylic acids is 2. The molecule has 0 radical (unpaired) electrons. The zero-order valence-electron chi connectivity index (χ0n) is 11.3. The third kappa shape index (κ3) is 5.51. The Balaban J connectivity index is 2.66. The lowest BCUT2D eigenvalue weighted by Crippen LogP contribution is -2.19. The van der Waals surface area contributed by atoms with Gasteiger partial charge in [0.25, 0.3) is 0 Å². The van der Waals surface area contributed by atoms with E-state index < -0.39 is 11.9 Å². The molecular weight excluding hydrogens is 260 g/mol. The summed E-state index contributed by atoms with van der Waals surface area (Å²) in [6.45, 7) is 1.70. The minimum Gasteiger partial charge on any atom is -0.481 e. The first-order valence-electron chi connectivity index (χ1n) is 6.26. The van der Waals surface area contributed by atoms with Crippen molar-refractivity contribution in [3.63, 3.8) is 0 Å². The summed E-state index contributed by atoms with van der Waals surface area (Å²) in [5, 5.41) is 11.3. The van der Waals surface area contributed by atoms with Crippen LogP contribution in [0.3, 0.4) is 0 Å². The third-order valence-corrected chi connectivity index (χ3v) is 2.71. The van der Waals surface area contributed by atoms with Crippen LogP contribution in [0.15, 0.2) is 24.3 Å². The standard InChI is InChI=1S/C14H18N2O4/c1-9(7-14(19)20)6-13(18)16-11-5-3-2-4-10(11)8-12(15)17/h2-5,9H,6-8H2,1H3,(H2,15,17)(H,16,18)(H,19,20). The first-order chi connectivity index (χ1) is 9.38. The number of amides is 2. The zero-order chi connectivity index (χ0) is 15.1. The summed E-state index contributed by atoms with van der Waals surface area (Å²) in [6.07, 6.45) is 0.0920. The van der Waals surface area contributed by atoms with E-state index >= 15 is 0 Å². The van der Waals surface area contributed by atoms with Gasteiger partial charge in [-0.2, -0.15) is 0 Å². The first-order valence-corrected chi connectivity index (χ1v) is 6.26. The van der Waals surface area contributed by atoms with Crippen LogP contribution in [-0.2, 0) is 20.8 Å². The number of nitrogens with one attached hydrogen (secondary N) is 1. The second-order valence-electron chi connectivity index (χ2n) is 4.76. The van der Waals surface area contributed by atoms with Gasteiger partial charge in [-0.15, -0.1) is 0 Å². The summed E-state index contributed by atoms with van der Waals surface area (Å²) in [4.78, 5) is 33.3. The monoisotopic (exact) mass is 278 g/mol. The average Bonchev–Trinajstić information content (AvgIpc) is 2.29. The van der Waals surface area contributed by atoms with Gasteiger partial charge in [-0.25, -0.2) is 0 Å². The van der Waals surface area contributed by atoms with Crippen molar-refractivity contribution in [3.8, 4) is 0 Å². The van der Waals surface area contributed by atoms with Crippen LogP contribution in [0.4, 0.5) is 5.69 Å². The quantitative estimate of drug-likeness (QED) is 0.695. The third-order valence-electron chi connectivity index (χ3n) is 2.71. The number of primary amides is 1. The molecule has 6 nitrogen and oxygen atoms in total. The van der Waals surface area contributed by atoms with E-state index in [1.165, 1.54) is 0 Å². The van der Waals surface area contributed by atoms with Gasteiger partial charge in [0.15, 0.2) is 0 Å². The van der Waals surface area contributed by atoms with Crippen LogP contribution in [0.1, 0.15) is 25.3 Å². The average molecular weight is 278 g/mol. The van der Waals surface area contributed by atoms with E-state index in [0.717, 1.165) is 0 Å². The zero-order valence-corrected chi connectivity index (χ0v) is 11.3. The summed E-state index contributed by atoms with van der Waals surface area (Å²) in [7, 11) is 0. The SMILES string of the molecule is CC(CC(=O)O)CC(=O)Nc1ccccc1CC(N)=O. The molecule has 0 spiro atoms. The molecule has 0 saturated carbocycles. The number of hydrogen-bond donors (Lipinski definition) is 3. The second kappa shape index (κ2) is 7.28. The number of aliphatic carboxylic acids is 1. The predicted octanol–water partition coefficient (Wildman–Crippen LogP) is 1.15. The summed E-state index contributed by atoms with van der Waals surface area (Å²) >= 11 is 0. The van der Waals surface area contributed by atoms with Gasteiger partial charge < -0.3 is 16.2 Å². The van der Waals surface area contributed by atoms with Crippen LogP contribution in [0.5, 0.6) is 0 Å². The van der Waals surface area contributed by atoms with E-state index in [9.17, 15) is 14.4 Å². The van der Waals surface area contributed by atoms with Gasteiger partial charge >= 0.3 is 5.97 Å². The number of carboxylic acid groups (broad SMARTS) is 1. The van der Waals surface area contributed by atoms with Gasteiger partial charge in [-0.05, 0) is 17.5 Å². The molecule has 1 rings (SSSR count).